The van der Waals surface area contributed by atoms with Crippen LogP contribution in [0.2, 0.25) is 0 Å². The van der Waals surface area contributed by atoms with Crippen molar-refractivity contribution >= 4 is 10.8 Å². The van der Waals surface area contributed by atoms with Crippen LogP contribution >= 0.6 is 0 Å². The lowest BCUT2D eigenvalue weighted by molar-refractivity contribution is 0.191. The van der Waals surface area contributed by atoms with Crippen molar-refractivity contribution in [1.82, 2.24) is 5.32 Å². The molecule has 17 heavy (non-hydrogen) atoms. The third-order valence-corrected chi connectivity index (χ3v) is 3.87. The molecule has 0 aromatic heterocycles. The molecule has 1 aromatic rings. The Morgan fingerprint density at radius 1 is 1.29 bits per heavy atom. The summed E-state index contributed by atoms with van der Waals surface area (Å²) in [6.07, 6.45) is -0.570. The van der Waals surface area contributed by atoms with Crippen LogP contribution in [0.25, 0.3) is 0 Å². The summed E-state index contributed by atoms with van der Waals surface area (Å²) in [6.45, 7) is 6.51. The molecular formula is C13H21NO2S. The molecule has 3 nitrogen and oxygen atoms in total. The molecule has 0 aliphatic rings. The van der Waals surface area contributed by atoms with Crippen LogP contribution in [-0.4, -0.2) is 33.8 Å². The van der Waals surface area contributed by atoms with E-state index >= 15 is 0 Å². The Hall–Kier alpha value is -0.710. The SMILES string of the molecule is Cc1ccc(S(=O)CC(O)CNC(C)C)cc1. The van der Waals surface area contributed by atoms with Crippen molar-refractivity contribution in [2.24, 2.45) is 0 Å². The van der Waals surface area contributed by atoms with Gasteiger partial charge in [-0.05, 0) is 19.1 Å². The Morgan fingerprint density at radius 3 is 2.41 bits per heavy atom. The Morgan fingerprint density at radius 2 is 1.88 bits per heavy atom. The Balaban J connectivity index is 2.46. The van der Waals surface area contributed by atoms with Gasteiger partial charge < -0.3 is 10.4 Å². The molecule has 0 saturated carbocycles. The van der Waals surface area contributed by atoms with E-state index in [9.17, 15) is 9.32 Å². The van der Waals surface area contributed by atoms with Gasteiger partial charge in [0.25, 0.3) is 0 Å². The van der Waals surface area contributed by atoms with E-state index in [4.69, 9.17) is 0 Å². The number of rotatable bonds is 6. The van der Waals surface area contributed by atoms with Crippen LogP contribution in [0.15, 0.2) is 29.2 Å². The van der Waals surface area contributed by atoms with Gasteiger partial charge in [0.15, 0.2) is 0 Å². The van der Waals surface area contributed by atoms with E-state index in [1.54, 1.807) is 0 Å². The first-order chi connectivity index (χ1) is 7.99. The third-order valence-electron chi connectivity index (χ3n) is 2.39. The normalized spacial score (nSPS) is 14.9. The summed E-state index contributed by atoms with van der Waals surface area (Å²) in [4.78, 5) is 0.777. The summed E-state index contributed by atoms with van der Waals surface area (Å²) in [5, 5.41) is 12.9. The molecule has 0 saturated heterocycles. The zero-order valence-electron chi connectivity index (χ0n) is 10.6. The number of benzene rings is 1. The maximum Gasteiger partial charge on any atom is 0.0783 e. The van der Waals surface area contributed by atoms with E-state index in [2.05, 4.69) is 5.32 Å². The van der Waals surface area contributed by atoms with Crippen molar-refractivity contribution < 1.29 is 9.32 Å². The number of hydrogen-bond donors (Lipinski definition) is 2. The first-order valence-electron chi connectivity index (χ1n) is 5.85. The van der Waals surface area contributed by atoms with Crippen LogP contribution in [0.4, 0.5) is 0 Å². The predicted molar refractivity (Wildman–Crippen MR) is 71.6 cm³/mol. The number of hydrogen-bond acceptors (Lipinski definition) is 3. The summed E-state index contributed by atoms with van der Waals surface area (Å²) in [7, 11) is -1.13. The second-order valence-electron chi connectivity index (χ2n) is 4.54. The highest BCUT2D eigenvalue weighted by atomic mass is 32.2. The van der Waals surface area contributed by atoms with Crippen molar-refractivity contribution in [3.63, 3.8) is 0 Å². The molecule has 0 aliphatic heterocycles. The van der Waals surface area contributed by atoms with E-state index in [0.29, 0.717) is 12.6 Å². The minimum atomic E-state index is -1.13. The van der Waals surface area contributed by atoms with Crippen molar-refractivity contribution in [2.75, 3.05) is 12.3 Å². The van der Waals surface area contributed by atoms with Crippen molar-refractivity contribution in [3.05, 3.63) is 29.8 Å². The number of aliphatic hydroxyl groups excluding tert-OH is 1. The number of aliphatic hydroxyl groups is 1. The van der Waals surface area contributed by atoms with Gasteiger partial charge in [0.2, 0.25) is 0 Å². The van der Waals surface area contributed by atoms with Gasteiger partial charge in [0.05, 0.1) is 22.7 Å². The van der Waals surface area contributed by atoms with Crippen LogP contribution < -0.4 is 5.32 Å². The lowest BCUT2D eigenvalue weighted by atomic mass is 10.2. The zero-order valence-corrected chi connectivity index (χ0v) is 11.5. The fourth-order valence-corrected chi connectivity index (χ4v) is 2.49. The molecule has 0 spiro atoms. The molecule has 4 heteroatoms. The minimum absolute atomic E-state index is 0.281. The fourth-order valence-electron chi connectivity index (χ4n) is 1.39. The highest BCUT2D eigenvalue weighted by Gasteiger charge is 2.11. The molecule has 2 atom stereocenters. The third kappa shape index (κ3) is 5.44. The van der Waals surface area contributed by atoms with Crippen molar-refractivity contribution in [1.29, 1.82) is 0 Å². The molecule has 2 N–H and O–H groups in total. The minimum Gasteiger partial charge on any atom is -0.391 e. The predicted octanol–water partition coefficient (Wildman–Crippen LogP) is 1.46. The van der Waals surface area contributed by atoms with E-state index in [1.165, 1.54) is 0 Å². The fraction of sp³-hybridized carbons (Fsp3) is 0.538. The van der Waals surface area contributed by atoms with Gasteiger partial charge in [-0.15, -0.1) is 0 Å². The molecular weight excluding hydrogens is 234 g/mol. The molecule has 1 aromatic carbocycles. The Bertz CT molecular complexity index is 362. The number of nitrogens with one attached hydrogen (secondary N) is 1. The van der Waals surface area contributed by atoms with Gasteiger partial charge in [-0.1, -0.05) is 31.5 Å². The van der Waals surface area contributed by atoms with Crippen molar-refractivity contribution in [2.45, 2.75) is 37.8 Å². The molecule has 96 valence electrons. The van der Waals surface area contributed by atoms with Gasteiger partial charge in [-0.2, -0.15) is 0 Å². The summed E-state index contributed by atoms with van der Waals surface area (Å²) in [5.41, 5.74) is 1.15. The smallest absolute Gasteiger partial charge is 0.0783 e. The standard InChI is InChI=1S/C13H21NO2S/c1-10(2)14-8-12(15)9-17(16)13-6-4-11(3)5-7-13/h4-7,10,12,14-15H,8-9H2,1-3H3. The van der Waals surface area contributed by atoms with Crippen LogP contribution in [0, 0.1) is 6.92 Å². The van der Waals surface area contributed by atoms with Gasteiger partial charge in [0.1, 0.15) is 0 Å². The lowest BCUT2D eigenvalue weighted by Gasteiger charge is -2.13. The maximum absolute atomic E-state index is 11.9. The van der Waals surface area contributed by atoms with Crippen LogP contribution in [0.1, 0.15) is 19.4 Å². The van der Waals surface area contributed by atoms with E-state index in [0.717, 1.165) is 10.5 Å². The van der Waals surface area contributed by atoms with Gasteiger partial charge in [-0.25, -0.2) is 0 Å². The van der Waals surface area contributed by atoms with Crippen LogP contribution in [-0.2, 0) is 10.8 Å². The topological polar surface area (TPSA) is 49.3 Å². The summed E-state index contributed by atoms with van der Waals surface area (Å²) < 4.78 is 11.9. The molecule has 2 unspecified atom stereocenters. The molecule has 0 fully saturated rings. The first kappa shape index (κ1) is 14.4. The second kappa shape index (κ2) is 6.89. The maximum atomic E-state index is 11.9. The highest BCUT2D eigenvalue weighted by Crippen LogP contribution is 2.09. The molecule has 0 amide bonds. The van der Waals surface area contributed by atoms with Gasteiger partial charge >= 0.3 is 0 Å². The van der Waals surface area contributed by atoms with Gasteiger partial charge in [0, 0.05) is 17.5 Å². The quantitative estimate of drug-likeness (QED) is 0.809. The van der Waals surface area contributed by atoms with Crippen LogP contribution in [0.3, 0.4) is 0 Å². The first-order valence-corrected chi connectivity index (χ1v) is 7.17. The zero-order chi connectivity index (χ0) is 12.8. The Labute approximate surface area is 106 Å². The largest absolute Gasteiger partial charge is 0.391 e. The average molecular weight is 255 g/mol. The monoisotopic (exact) mass is 255 g/mol. The van der Waals surface area contributed by atoms with E-state index in [1.807, 2.05) is 45.0 Å². The summed E-state index contributed by atoms with van der Waals surface area (Å²) in [6, 6.07) is 7.91. The van der Waals surface area contributed by atoms with Crippen molar-refractivity contribution in [3.8, 4) is 0 Å². The van der Waals surface area contributed by atoms with Crippen LogP contribution in [0.5, 0.6) is 0 Å². The van der Waals surface area contributed by atoms with E-state index < -0.39 is 16.9 Å². The summed E-state index contributed by atoms with van der Waals surface area (Å²) in [5.74, 6) is 0.281. The Kier molecular flexibility index (Phi) is 5.82. The molecule has 0 aliphatic carbocycles. The highest BCUT2D eigenvalue weighted by molar-refractivity contribution is 7.85. The number of aryl methyl sites for hydroxylation is 1. The van der Waals surface area contributed by atoms with E-state index in [-0.39, 0.29) is 5.75 Å². The molecule has 0 heterocycles. The molecule has 1 rings (SSSR count). The lowest BCUT2D eigenvalue weighted by Crippen LogP contribution is -2.34. The average Bonchev–Trinajstić information content (AvgIpc) is 2.27. The second-order valence-corrected chi connectivity index (χ2v) is 6.04. The molecule has 0 bridgehead atoms. The molecule has 0 radical (unpaired) electrons. The summed E-state index contributed by atoms with van der Waals surface area (Å²) >= 11 is 0. The van der Waals surface area contributed by atoms with Gasteiger partial charge in [-0.3, -0.25) is 4.21 Å².